The van der Waals surface area contributed by atoms with Crippen molar-refractivity contribution in [1.29, 1.82) is 0 Å². The Morgan fingerprint density at radius 1 is 1.15 bits per heavy atom. The van der Waals surface area contributed by atoms with E-state index in [1.807, 2.05) is 24.3 Å². The minimum atomic E-state index is 0. The lowest BCUT2D eigenvalue weighted by atomic mass is 10.2. The molecule has 1 aromatic heterocycles. The SMILES string of the molecule is COCCNCc1ccc(-c2cc(Cl)cc(Cl)c2)o1.[Cl-]. The van der Waals surface area contributed by atoms with Crippen LogP contribution in [0.2, 0.25) is 10.0 Å². The molecule has 3 nitrogen and oxygen atoms in total. The second kappa shape index (κ2) is 8.55. The molecule has 0 aliphatic heterocycles. The summed E-state index contributed by atoms with van der Waals surface area (Å²) in [5.41, 5.74) is 0.876. The zero-order valence-corrected chi connectivity index (χ0v) is 13.2. The van der Waals surface area contributed by atoms with Crippen LogP contribution in [0, 0.1) is 0 Å². The van der Waals surface area contributed by atoms with Gasteiger partial charge < -0.3 is 26.9 Å². The first-order valence-corrected chi connectivity index (χ1v) is 6.69. The van der Waals surface area contributed by atoms with E-state index in [4.69, 9.17) is 32.4 Å². The topological polar surface area (TPSA) is 34.4 Å². The van der Waals surface area contributed by atoms with Gasteiger partial charge in [-0.1, -0.05) is 23.2 Å². The molecule has 0 aliphatic carbocycles. The summed E-state index contributed by atoms with van der Waals surface area (Å²) < 4.78 is 10.7. The number of methoxy groups -OCH3 is 1. The van der Waals surface area contributed by atoms with Crippen LogP contribution in [0.3, 0.4) is 0 Å². The monoisotopic (exact) mass is 334 g/mol. The third-order valence-electron chi connectivity index (χ3n) is 2.59. The van der Waals surface area contributed by atoms with Crippen LogP contribution in [0.1, 0.15) is 5.76 Å². The number of rotatable bonds is 6. The second-order valence-corrected chi connectivity index (χ2v) is 4.97. The van der Waals surface area contributed by atoms with Crippen molar-refractivity contribution in [3.8, 4) is 11.3 Å². The first-order chi connectivity index (χ1) is 9.19. The summed E-state index contributed by atoms with van der Waals surface area (Å²) >= 11 is 11.9. The molecule has 0 radical (unpaired) electrons. The van der Waals surface area contributed by atoms with E-state index < -0.39 is 0 Å². The van der Waals surface area contributed by atoms with Crippen LogP contribution in [0.4, 0.5) is 0 Å². The molecule has 0 aliphatic rings. The van der Waals surface area contributed by atoms with Gasteiger partial charge in [0.1, 0.15) is 11.5 Å². The fourth-order valence-corrected chi connectivity index (χ4v) is 2.24. The van der Waals surface area contributed by atoms with Gasteiger partial charge in [-0.05, 0) is 30.3 Å². The Morgan fingerprint density at radius 3 is 2.50 bits per heavy atom. The third kappa shape index (κ3) is 5.00. The largest absolute Gasteiger partial charge is 1.00 e. The molecule has 0 bridgehead atoms. The molecule has 0 saturated carbocycles. The minimum Gasteiger partial charge on any atom is -1.00 e. The van der Waals surface area contributed by atoms with E-state index in [-0.39, 0.29) is 12.4 Å². The predicted octanol–water partition coefficient (Wildman–Crippen LogP) is 0.993. The number of nitrogens with one attached hydrogen (secondary N) is 1. The van der Waals surface area contributed by atoms with Gasteiger partial charge in [-0.3, -0.25) is 0 Å². The van der Waals surface area contributed by atoms with E-state index in [9.17, 15) is 0 Å². The molecular formula is C14H15Cl3NO2-. The van der Waals surface area contributed by atoms with Gasteiger partial charge in [-0.15, -0.1) is 0 Å². The summed E-state index contributed by atoms with van der Waals surface area (Å²) in [5, 5.41) is 4.41. The number of benzene rings is 1. The van der Waals surface area contributed by atoms with Gasteiger partial charge in [0.25, 0.3) is 0 Å². The highest BCUT2D eigenvalue weighted by molar-refractivity contribution is 6.35. The Kier molecular flexibility index (Phi) is 7.41. The van der Waals surface area contributed by atoms with Crippen molar-refractivity contribution in [1.82, 2.24) is 5.32 Å². The highest BCUT2D eigenvalue weighted by Crippen LogP contribution is 2.28. The molecule has 6 heteroatoms. The molecule has 1 heterocycles. The number of furan rings is 1. The Hall–Kier alpha value is -0.710. The summed E-state index contributed by atoms with van der Waals surface area (Å²) in [4.78, 5) is 0. The minimum absolute atomic E-state index is 0. The maximum absolute atomic E-state index is 5.97. The zero-order valence-electron chi connectivity index (χ0n) is 11.0. The smallest absolute Gasteiger partial charge is 0.134 e. The standard InChI is InChI=1S/C14H15Cl2NO2.ClH/c1-18-5-4-17-9-13-2-3-14(19-13)10-6-11(15)8-12(16)7-10;/h2-3,6-8,17H,4-5,9H2,1H3;1H/p-1. The van der Waals surface area contributed by atoms with E-state index in [1.165, 1.54) is 0 Å². The van der Waals surface area contributed by atoms with Crippen LogP contribution in [-0.2, 0) is 11.3 Å². The first-order valence-electron chi connectivity index (χ1n) is 5.94. The van der Waals surface area contributed by atoms with Crippen molar-refractivity contribution in [3.05, 3.63) is 46.1 Å². The van der Waals surface area contributed by atoms with Gasteiger partial charge in [0, 0.05) is 29.3 Å². The Labute approximate surface area is 134 Å². The van der Waals surface area contributed by atoms with Crippen LogP contribution in [0.5, 0.6) is 0 Å². The van der Waals surface area contributed by atoms with Crippen molar-refractivity contribution in [2.45, 2.75) is 6.54 Å². The fourth-order valence-electron chi connectivity index (χ4n) is 1.71. The van der Waals surface area contributed by atoms with Crippen LogP contribution in [0.25, 0.3) is 11.3 Å². The zero-order chi connectivity index (χ0) is 13.7. The van der Waals surface area contributed by atoms with Gasteiger partial charge in [0.15, 0.2) is 0 Å². The lowest BCUT2D eigenvalue weighted by molar-refractivity contribution is -0.00000462. The molecule has 0 amide bonds. The summed E-state index contributed by atoms with van der Waals surface area (Å²) in [6, 6.07) is 9.20. The average Bonchev–Trinajstić information content (AvgIpc) is 2.82. The van der Waals surface area contributed by atoms with Crippen LogP contribution in [0.15, 0.2) is 34.7 Å². The summed E-state index contributed by atoms with van der Waals surface area (Å²) in [5.74, 6) is 1.62. The lowest BCUT2D eigenvalue weighted by Gasteiger charge is -2.02. The number of ether oxygens (including phenoxy) is 1. The molecule has 0 atom stereocenters. The quantitative estimate of drug-likeness (QED) is 0.800. The van der Waals surface area contributed by atoms with Gasteiger partial charge in [-0.2, -0.15) is 0 Å². The van der Waals surface area contributed by atoms with Gasteiger partial charge in [-0.25, -0.2) is 0 Å². The molecule has 2 aromatic rings. The Balaban J connectivity index is 0.00000200. The van der Waals surface area contributed by atoms with Crippen molar-refractivity contribution in [2.75, 3.05) is 20.3 Å². The molecule has 0 fully saturated rings. The summed E-state index contributed by atoms with van der Waals surface area (Å²) in [6.45, 7) is 2.13. The van der Waals surface area contributed by atoms with Crippen LogP contribution in [-0.4, -0.2) is 20.3 Å². The molecule has 0 unspecified atom stereocenters. The average molecular weight is 336 g/mol. The molecule has 110 valence electrons. The predicted molar refractivity (Wildman–Crippen MR) is 77.7 cm³/mol. The van der Waals surface area contributed by atoms with E-state index in [0.29, 0.717) is 23.2 Å². The van der Waals surface area contributed by atoms with Crippen LogP contribution < -0.4 is 17.7 Å². The highest BCUT2D eigenvalue weighted by Gasteiger charge is 2.06. The Morgan fingerprint density at radius 2 is 1.85 bits per heavy atom. The van der Waals surface area contributed by atoms with Crippen LogP contribution >= 0.6 is 23.2 Å². The fraction of sp³-hybridized carbons (Fsp3) is 0.286. The maximum atomic E-state index is 5.97. The van der Waals surface area contributed by atoms with E-state index in [1.54, 1.807) is 13.2 Å². The molecule has 0 saturated heterocycles. The second-order valence-electron chi connectivity index (χ2n) is 4.09. The van der Waals surface area contributed by atoms with Gasteiger partial charge in [0.2, 0.25) is 0 Å². The lowest BCUT2D eigenvalue weighted by Crippen LogP contribution is -3.00. The highest BCUT2D eigenvalue weighted by atomic mass is 35.5. The van der Waals surface area contributed by atoms with Crippen molar-refractivity contribution in [3.63, 3.8) is 0 Å². The van der Waals surface area contributed by atoms with E-state index >= 15 is 0 Å². The Bertz CT molecular complexity index is 523. The van der Waals surface area contributed by atoms with Gasteiger partial charge in [0.05, 0.1) is 13.2 Å². The third-order valence-corrected chi connectivity index (χ3v) is 3.03. The van der Waals surface area contributed by atoms with E-state index in [0.717, 1.165) is 23.6 Å². The van der Waals surface area contributed by atoms with Crippen molar-refractivity contribution >= 4 is 23.2 Å². The number of hydrogen-bond acceptors (Lipinski definition) is 3. The maximum Gasteiger partial charge on any atom is 0.134 e. The van der Waals surface area contributed by atoms with Gasteiger partial charge >= 0.3 is 0 Å². The molecule has 20 heavy (non-hydrogen) atoms. The molecule has 0 spiro atoms. The first kappa shape index (κ1) is 17.3. The molecule has 1 N–H and O–H groups in total. The summed E-state index contributed by atoms with van der Waals surface area (Å²) in [6.07, 6.45) is 0. The number of halogens is 3. The van der Waals surface area contributed by atoms with E-state index in [2.05, 4.69) is 5.32 Å². The number of hydrogen-bond donors (Lipinski definition) is 1. The van der Waals surface area contributed by atoms with Crippen molar-refractivity contribution in [2.24, 2.45) is 0 Å². The summed E-state index contributed by atoms with van der Waals surface area (Å²) in [7, 11) is 1.68. The normalized spacial score (nSPS) is 10.3. The molecule has 2 rings (SSSR count). The molecular weight excluding hydrogens is 321 g/mol. The molecule has 1 aromatic carbocycles. The van der Waals surface area contributed by atoms with Crippen molar-refractivity contribution < 1.29 is 21.6 Å².